The number of methoxy groups -OCH3 is 1. The van der Waals surface area contributed by atoms with Gasteiger partial charge in [-0.3, -0.25) is 14.9 Å². The molecule has 0 fully saturated rings. The van der Waals surface area contributed by atoms with Crippen LogP contribution in [0.15, 0.2) is 35.9 Å². The van der Waals surface area contributed by atoms with Gasteiger partial charge in [0.05, 0.1) is 12.0 Å². The Morgan fingerprint density at radius 1 is 1.30 bits per heavy atom. The lowest BCUT2D eigenvalue weighted by Gasteiger charge is -2.13. The third-order valence-corrected chi connectivity index (χ3v) is 3.78. The van der Waals surface area contributed by atoms with Crippen molar-refractivity contribution in [2.45, 2.75) is 13.8 Å². The van der Waals surface area contributed by atoms with E-state index < -0.39 is 22.3 Å². The van der Waals surface area contributed by atoms with Crippen molar-refractivity contribution in [3.05, 3.63) is 62.7 Å². The van der Waals surface area contributed by atoms with Crippen LogP contribution in [0.5, 0.6) is 11.5 Å². The predicted octanol–water partition coefficient (Wildman–Crippen LogP) is 2.84. The van der Waals surface area contributed by atoms with Crippen LogP contribution >= 0.6 is 0 Å². The number of ether oxygens (including phenoxy) is 1. The van der Waals surface area contributed by atoms with Gasteiger partial charge in [-0.1, -0.05) is 17.7 Å². The minimum atomic E-state index is -0.877. The van der Waals surface area contributed by atoms with E-state index in [1.807, 2.05) is 26.0 Å². The first-order valence-corrected chi connectivity index (χ1v) is 7.80. The smallest absolute Gasteiger partial charge is 0.266 e. The second kappa shape index (κ2) is 8.01. The molecule has 0 saturated heterocycles. The Balaban J connectivity index is 2.40. The lowest BCUT2D eigenvalue weighted by Crippen LogP contribution is -2.14. The van der Waals surface area contributed by atoms with Gasteiger partial charge in [-0.2, -0.15) is 5.26 Å². The molecule has 0 aliphatic heterocycles. The molecule has 0 radical (unpaired) electrons. The fourth-order valence-corrected chi connectivity index (χ4v) is 2.44. The summed E-state index contributed by atoms with van der Waals surface area (Å²) in [7, 11) is 1.20. The number of rotatable bonds is 5. The van der Waals surface area contributed by atoms with E-state index in [4.69, 9.17) is 4.74 Å². The third-order valence-electron chi connectivity index (χ3n) is 3.78. The molecule has 2 aromatic rings. The Labute approximate surface area is 155 Å². The molecule has 0 aromatic heterocycles. The number of anilines is 1. The summed E-state index contributed by atoms with van der Waals surface area (Å²) >= 11 is 0. The van der Waals surface area contributed by atoms with Crippen LogP contribution in [0.2, 0.25) is 0 Å². The van der Waals surface area contributed by atoms with Crippen molar-refractivity contribution in [2.75, 3.05) is 12.4 Å². The quantitative estimate of drug-likeness (QED) is 0.375. The topological polar surface area (TPSA) is 128 Å². The van der Waals surface area contributed by atoms with Gasteiger partial charge in [0.25, 0.3) is 11.6 Å². The second-order valence-corrected chi connectivity index (χ2v) is 5.77. The van der Waals surface area contributed by atoms with Gasteiger partial charge in [0, 0.05) is 17.5 Å². The highest BCUT2D eigenvalue weighted by molar-refractivity contribution is 6.10. The molecule has 1 N–H and O–H groups in total. The molecule has 138 valence electrons. The molecular formula is C19H16N3O5-. The zero-order valence-electron chi connectivity index (χ0n) is 14.9. The molecule has 2 aromatic carbocycles. The average molecular weight is 366 g/mol. The number of carbonyl (C=O) groups is 1. The molecule has 0 atom stereocenters. The van der Waals surface area contributed by atoms with E-state index in [2.05, 4.69) is 5.32 Å². The van der Waals surface area contributed by atoms with Gasteiger partial charge in [0.1, 0.15) is 17.4 Å². The fraction of sp³-hybridized carbons (Fsp3) is 0.158. The van der Waals surface area contributed by atoms with Crippen molar-refractivity contribution >= 4 is 23.4 Å². The first kappa shape index (κ1) is 19.5. The molecule has 0 heterocycles. The summed E-state index contributed by atoms with van der Waals surface area (Å²) in [6, 6.07) is 9.41. The van der Waals surface area contributed by atoms with Crippen LogP contribution in [0.25, 0.3) is 6.08 Å². The first-order chi connectivity index (χ1) is 12.8. The van der Waals surface area contributed by atoms with Crippen molar-refractivity contribution in [3.8, 4) is 17.6 Å². The highest BCUT2D eigenvalue weighted by Crippen LogP contribution is 2.35. The van der Waals surface area contributed by atoms with Crippen LogP contribution in [0.1, 0.15) is 16.7 Å². The van der Waals surface area contributed by atoms with E-state index in [0.29, 0.717) is 5.69 Å². The maximum absolute atomic E-state index is 12.4. The third kappa shape index (κ3) is 4.41. The Kier molecular flexibility index (Phi) is 5.78. The largest absolute Gasteiger partial charge is 0.865 e. The van der Waals surface area contributed by atoms with Crippen LogP contribution in [0, 0.1) is 35.3 Å². The van der Waals surface area contributed by atoms with Gasteiger partial charge < -0.3 is 15.2 Å². The Morgan fingerprint density at radius 3 is 2.56 bits per heavy atom. The molecule has 27 heavy (non-hydrogen) atoms. The number of nitrogens with one attached hydrogen (secondary N) is 1. The van der Waals surface area contributed by atoms with E-state index >= 15 is 0 Å². The van der Waals surface area contributed by atoms with Crippen LogP contribution in [0.3, 0.4) is 0 Å². The van der Waals surface area contributed by atoms with E-state index in [-0.39, 0.29) is 16.9 Å². The van der Waals surface area contributed by atoms with E-state index in [1.54, 1.807) is 12.1 Å². The summed E-state index contributed by atoms with van der Waals surface area (Å²) in [5, 5.41) is 34.8. The molecule has 0 bridgehead atoms. The minimum absolute atomic E-state index is 0.130. The Hall–Kier alpha value is -3.86. The fourth-order valence-electron chi connectivity index (χ4n) is 2.44. The molecule has 1 amide bonds. The van der Waals surface area contributed by atoms with Gasteiger partial charge in [-0.15, -0.1) is 0 Å². The number of nitriles is 1. The summed E-state index contributed by atoms with van der Waals surface area (Å²) in [5.41, 5.74) is 1.56. The molecule has 8 nitrogen and oxygen atoms in total. The van der Waals surface area contributed by atoms with Crippen molar-refractivity contribution in [2.24, 2.45) is 0 Å². The van der Waals surface area contributed by atoms with E-state index in [9.17, 15) is 25.3 Å². The van der Waals surface area contributed by atoms with Gasteiger partial charge in [-0.05, 0) is 43.2 Å². The van der Waals surface area contributed by atoms with Crippen LogP contribution < -0.4 is 15.2 Å². The van der Waals surface area contributed by atoms with Crippen LogP contribution in [-0.2, 0) is 4.79 Å². The molecular weight excluding hydrogens is 350 g/mol. The number of nitro benzene ring substituents is 1. The molecule has 0 aliphatic rings. The standard InChI is InChI=1S/C19H17N3O5/c1-11-4-5-15(12(2)6-11)21-19(24)14(10-20)7-13-8-16(22(25)26)18(23)17(9-13)27-3/h4-9,23H,1-3H3,(H,21,24)/p-1/b14-7+. The molecule has 0 spiro atoms. The molecule has 0 aliphatic carbocycles. The number of aryl methyl sites for hydroxylation is 2. The molecule has 0 saturated carbocycles. The number of amides is 1. The average Bonchev–Trinajstić information content (AvgIpc) is 2.62. The van der Waals surface area contributed by atoms with Gasteiger partial charge >= 0.3 is 0 Å². The van der Waals surface area contributed by atoms with Crippen LogP contribution in [0.4, 0.5) is 11.4 Å². The van der Waals surface area contributed by atoms with Crippen molar-refractivity contribution in [1.29, 1.82) is 5.26 Å². The zero-order chi connectivity index (χ0) is 20.1. The number of carbonyl (C=O) groups excluding carboxylic acids is 1. The van der Waals surface area contributed by atoms with Crippen LogP contribution in [-0.4, -0.2) is 17.9 Å². The van der Waals surface area contributed by atoms with Gasteiger partial charge in [-0.25, -0.2) is 0 Å². The maximum atomic E-state index is 12.4. The van der Waals surface area contributed by atoms with Crippen molar-refractivity contribution in [3.63, 3.8) is 0 Å². The summed E-state index contributed by atoms with van der Waals surface area (Å²) in [4.78, 5) is 22.6. The summed E-state index contributed by atoms with van der Waals surface area (Å²) in [6.07, 6.45) is 1.16. The van der Waals surface area contributed by atoms with Crippen molar-refractivity contribution < 1.29 is 19.6 Å². The van der Waals surface area contributed by atoms with Gasteiger partial charge in [0.15, 0.2) is 0 Å². The summed E-state index contributed by atoms with van der Waals surface area (Å²) < 4.78 is 4.85. The Bertz CT molecular complexity index is 990. The first-order valence-electron chi connectivity index (χ1n) is 7.80. The molecule has 2 rings (SSSR count). The monoisotopic (exact) mass is 366 g/mol. The summed E-state index contributed by atoms with van der Waals surface area (Å²) in [5.74, 6) is -1.79. The highest BCUT2D eigenvalue weighted by atomic mass is 16.6. The normalized spacial score (nSPS) is 10.8. The number of hydrogen-bond donors (Lipinski definition) is 1. The molecule has 0 unspecified atom stereocenters. The summed E-state index contributed by atoms with van der Waals surface area (Å²) in [6.45, 7) is 3.73. The lowest BCUT2D eigenvalue weighted by atomic mass is 10.1. The number of nitro groups is 1. The Morgan fingerprint density at radius 2 is 2.00 bits per heavy atom. The number of hydrogen-bond acceptors (Lipinski definition) is 6. The van der Waals surface area contributed by atoms with E-state index in [0.717, 1.165) is 23.3 Å². The van der Waals surface area contributed by atoms with Gasteiger partial charge in [0.2, 0.25) is 0 Å². The number of nitrogens with zero attached hydrogens (tertiary/aromatic N) is 2. The highest BCUT2D eigenvalue weighted by Gasteiger charge is 2.15. The number of benzene rings is 2. The van der Waals surface area contributed by atoms with E-state index in [1.165, 1.54) is 13.2 Å². The maximum Gasteiger partial charge on any atom is 0.266 e. The molecule has 8 heteroatoms. The van der Waals surface area contributed by atoms with Crippen molar-refractivity contribution in [1.82, 2.24) is 0 Å². The SMILES string of the molecule is COc1cc(/C=C(\C#N)C(=O)Nc2ccc(C)cc2C)cc([N+](=O)[O-])c1[O-]. The predicted molar refractivity (Wildman–Crippen MR) is 97.2 cm³/mol. The minimum Gasteiger partial charge on any atom is -0.865 e. The zero-order valence-corrected chi connectivity index (χ0v) is 14.9. The second-order valence-electron chi connectivity index (χ2n) is 5.77. The lowest BCUT2D eigenvalue weighted by molar-refractivity contribution is -0.398.